The Hall–Kier alpha value is -2.49. The highest BCUT2D eigenvalue weighted by molar-refractivity contribution is 7.99. The normalized spacial score (nSPS) is 11.8. The summed E-state index contributed by atoms with van der Waals surface area (Å²) in [6.45, 7) is 6.04. The van der Waals surface area contributed by atoms with Crippen LogP contribution in [0, 0.1) is 20.8 Å². The monoisotopic (exact) mass is 398 g/mol. The van der Waals surface area contributed by atoms with Gasteiger partial charge in [-0.15, -0.1) is 0 Å². The van der Waals surface area contributed by atoms with Crippen LogP contribution in [0.25, 0.3) is 11.4 Å². The molecule has 0 aliphatic heterocycles. The van der Waals surface area contributed by atoms with E-state index < -0.39 is 12.1 Å². The summed E-state index contributed by atoms with van der Waals surface area (Å²) in [5.41, 5.74) is 3.00. The van der Waals surface area contributed by atoms with E-state index in [1.807, 2.05) is 20.8 Å². The van der Waals surface area contributed by atoms with Crippen LogP contribution in [0.4, 0.5) is 13.2 Å². The predicted molar refractivity (Wildman–Crippen MR) is 93.8 cm³/mol. The molecule has 2 heterocycles. The van der Waals surface area contributed by atoms with Crippen LogP contribution in [0.2, 0.25) is 0 Å². The number of imidazole rings is 1. The Balaban J connectivity index is 1.66. The average Bonchev–Trinajstić information content (AvgIpc) is 3.22. The highest BCUT2D eigenvalue weighted by atomic mass is 32.2. The molecule has 0 aliphatic carbocycles. The van der Waals surface area contributed by atoms with Gasteiger partial charge in [-0.2, -0.15) is 18.2 Å². The Bertz CT molecular complexity index is 913. The Morgan fingerprint density at radius 2 is 1.89 bits per heavy atom. The molecular formula is C17H17F3N4O2S. The number of hydrogen-bond acceptors (Lipinski definition) is 6. The van der Waals surface area contributed by atoms with Crippen LogP contribution in [-0.4, -0.2) is 32.5 Å². The summed E-state index contributed by atoms with van der Waals surface area (Å²) < 4.78 is 48.0. The highest BCUT2D eigenvalue weighted by Gasteiger charge is 2.38. The number of benzene rings is 1. The van der Waals surface area contributed by atoms with E-state index in [-0.39, 0.29) is 5.82 Å². The summed E-state index contributed by atoms with van der Waals surface area (Å²) in [6, 6.07) is 3.35. The summed E-state index contributed by atoms with van der Waals surface area (Å²) >= 11 is 1.55. The van der Waals surface area contributed by atoms with E-state index in [0.29, 0.717) is 23.7 Å². The molecule has 0 fully saturated rings. The second-order valence-electron chi connectivity index (χ2n) is 5.93. The summed E-state index contributed by atoms with van der Waals surface area (Å²) in [4.78, 5) is 10.8. The van der Waals surface area contributed by atoms with Crippen molar-refractivity contribution in [3.8, 4) is 17.1 Å². The first-order valence-electron chi connectivity index (χ1n) is 8.04. The first-order valence-corrected chi connectivity index (χ1v) is 9.02. The standard InChI is InChI=1S/C17H17F3N4O2S/c1-9-6-12(14-23-15(26-24-14)17(18,19)20)7-10(2)13(9)25-4-5-27-16-21-8-11(3)22-16/h6-8H,4-5H2,1-3H3,(H,21,22). The van der Waals surface area contributed by atoms with Gasteiger partial charge in [0.1, 0.15) is 5.75 Å². The van der Waals surface area contributed by atoms with E-state index in [0.717, 1.165) is 22.0 Å². The number of rotatable bonds is 6. The number of aryl methyl sites for hydroxylation is 3. The lowest BCUT2D eigenvalue weighted by molar-refractivity contribution is -0.159. The molecular weight excluding hydrogens is 381 g/mol. The maximum atomic E-state index is 12.6. The van der Waals surface area contributed by atoms with Gasteiger partial charge in [-0.05, 0) is 44.0 Å². The fourth-order valence-corrected chi connectivity index (χ4v) is 3.23. The lowest BCUT2D eigenvalue weighted by Gasteiger charge is -2.13. The van der Waals surface area contributed by atoms with Crippen LogP contribution in [0.1, 0.15) is 22.7 Å². The highest BCUT2D eigenvalue weighted by Crippen LogP contribution is 2.32. The van der Waals surface area contributed by atoms with E-state index in [4.69, 9.17) is 4.74 Å². The number of halogens is 3. The van der Waals surface area contributed by atoms with Crippen molar-refractivity contribution in [1.29, 1.82) is 0 Å². The smallest absolute Gasteiger partial charge is 0.471 e. The lowest BCUT2D eigenvalue weighted by atomic mass is 10.1. The van der Waals surface area contributed by atoms with Gasteiger partial charge in [-0.25, -0.2) is 4.98 Å². The SMILES string of the molecule is Cc1cnc(SCCOc2c(C)cc(-c3noc(C(F)(F)F)n3)cc2C)[nH]1. The Labute approximate surface area is 157 Å². The first-order chi connectivity index (χ1) is 12.7. The van der Waals surface area contributed by atoms with E-state index in [1.54, 1.807) is 30.1 Å². The van der Waals surface area contributed by atoms with Gasteiger partial charge in [0, 0.05) is 23.2 Å². The van der Waals surface area contributed by atoms with E-state index in [1.165, 1.54) is 0 Å². The number of nitrogens with zero attached hydrogens (tertiary/aromatic N) is 3. The number of aromatic nitrogens is 4. The summed E-state index contributed by atoms with van der Waals surface area (Å²) in [5, 5.41) is 4.25. The molecule has 0 aliphatic rings. The molecule has 144 valence electrons. The summed E-state index contributed by atoms with van der Waals surface area (Å²) in [6.07, 6.45) is -2.90. The number of nitrogens with one attached hydrogen (secondary N) is 1. The van der Waals surface area contributed by atoms with Gasteiger partial charge in [0.2, 0.25) is 5.82 Å². The molecule has 27 heavy (non-hydrogen) atoms. The molecule has 0 bridgehead atoms. The minimum Gasteiger partial charge on any atom is -0.492 e. The Morgan fingerprint density at radius 1 is 1.19 bits per heavy atom. The molecule has 0 radical (unpaired) electrons. The number of H-pyrrole nitrogens is 1. The second kappa shape index (κ2) is 7.63. The molecule has 0 spiro atoms. The molecule has 10 heteroatoms. The molecule has 0 atom stereocenters. The van der Waals surface area contributed by atoms with Crippen LogP contribution < -0.4 is 4.74 Å². The molecule has 0 amide bonds. The van der Waals surface area contributed by atoms with Crippen molar-refractivity contribution in [2.75, 3.05) is 12.4 Å². The fourth-order valence-electron chi connectivity index (χ4n) is 2.51. The van der Waals surface area contributed by atoms with Crippen LogP contribution >= 0.6 is 11.8 Å². The number of alkyl halides is 3. The zero-order valence-corrected chi connectivity index (χ0v) is 15.7. The molecule has 0 saturated carbocycles. The number of ether oxygens (including phenoxy) is 1. The topological polar surface area (TPSA) is 76.8 Å². The predicted octanol–water partition coefficient (Wildman–Crippen LogP) is 4.57. The van der Waals surface area contributed by atoms with Gasteiger partial charge in [0.25, 0.3) is 0 Å². The number of hydrogen-bond donors (Lipinski definition) is 1. The first kappa shape index (κ1) is 19.3. The van der Waals surface area contributed by atoms with Crippen LogP contribution in [0.5, 0.6) is 5.75 Å². The average molecular weight is 398 g/mol. The number of thioether (sulfide) groups is 1. The summed E-state index contributed by atoms with van der Waals surface area (Å²) in [5.74, 6) is -0.0791. The quantitative estimate of drug-likeness (QED) is 0.484. The zero-order valence-electron chi connectivity index (χ0n) is 14.8. The van der Waals surface area contributed by atoms with E-state index in [9.17, 15) is 13.2 Å². The van der Waals surface area contributed by atoms with Crippen LogP contribution in [0.15, 0.2) is 28.0 Å². The van der Waals surface area contributed by atoms with Crippen LogP contribution in [-0.2, 0) is 6.18 Å². The van der Waals surface area contributed by atoms with Crippen molar-refractivity contribution >= 4 is 11.8 Å². The molecule has 3 rings (SSSR count). The van der Waals surface area contributed by atoms with Crippen molar-refractivity contribution < 1.29 is 22.4 Å². The maximum absolute atomic E-state index is 12.6. The third-order valence-electron chi connectivity index (χ3n) is 3.64. The molecule has 0 saturated heterocycles. The second-order valence-corrected chi connectivity index (χ2v) is 7.01. The van der Waals surface area contributed by atoms with E-state index in [2.05, 4.69) is 24.6 Å². The Kier molecular flexibility index (Phi) is 5.45. The molecule has 2 aromatic heterocycles. The minimum absolute atomic E-state index is 0.108. The zero-order chi connectivity index (χ0) is 19.6. The van der Waals surface area contributed by atoms with Gasteiger partial charge in [-0.3, -0.25) is 0 Å². The van der Waals surface area contributed by atoms with Gasteiger partial charge < -0.3 is 14.2 Å². The lowest BCUT2D eigenvalue weighted by Crippen LogP contribution is -2.05. The van der Waals surface area contributed by atoms with Gasteiger partial charge in [0.15, 0.2) is 5.16 Å². The van der Waals surface area contributed by atoms with Crippen molar-refractivity contribution in [2.45, 2.75) is 32.1 Å². The van der Waals surface area contributed by atoms with Crippen LogP contribution in [0.3, 0.4) is 0 Å². The van der Waals surface area contributed by atoms with Crippen molar-refractivity contribution in [2.24, 2.45) is 0 Å². The molecule has 6 nitrogen and oxygen atoms in total. The third-order valence-corrected chi connectivity index (χ3v) is 4.49. The maximum Gasteiger partial charge on any atom is 0.471 e. The fraction of sp³-hybridized carbons (Fsp3) is 0.353. The Morgan fingerprint density at radius 3 is 2.44 bits per heavy atom. The third kappa shape index (κ3) is 4.62. The van der Waals surface area contributed by atoms with Crippen molar-refractivity contribution in [1.82, 2.24) is 20.1 Å². The summed E-state index contributed by atoms with van der Waals surface area (Å²) in [7, 11) is 0. The van der Waals surface area contributed by atoms with Crippen molar-refractivity contribution in [3.05, 3.63) is 41.0 Å². The van der Waals surface area contributed by atoms with E-state index >= 15 is 0 Å². The minimum atomic E-state index is -4.66. The molecule has 1 N–H and O–H groups in total. The van der Waals surface area contributed by atoms with Gasteiger partial charge >= 0.3 is 12.1 Å². The molecule has 1 aromatic carbocycles. The van der Waals surface area contributed by atoms with Gasteiger partial charge in [0.05, 0.1) is 6.61 Å². The van der Waals surface area contributed by atoms with Crippen molar-refractivity contribution in [3.63, 3.8) is 0 Å². The largest absolute Gasteiger partial charge is 0.492 e. The molecule has 3 aromatic rings. The number of aromatic amines is 1. The molecule has 0 unspecified atom stereocenters. The van der Waals surface area contributed by atoms with Gasteiger partial charge in [-0.1, -0.05) is 16.9 Å².